The Balaban J connectivity index is 1.58. The van der Waals surface area contributed by atoms with Crippen molar-refractivity contribution < 1.29 is 4.79 Å². The predicted octanol–water partition coefficient (Wildman–Crippen LogP) is 3.53. The number of carbonyl (C=O) groups excluding carboxylic acids is 1. The fourth-order valence-corrected chi connectivity index (χ4v) is 3.86. The zero-order valence-corrected chi connectivity index (χ0v) is 16.8. The third kappa shape index (κ3) is 3.89. The highest BCUT2D eigenvalue weighted by Gasteiger charge is 2.23. The lowest BCUT2D eigenvalue weighted by molar-refractivity contribution is 0.0954. The maximum Gasteiger partial charge on any atom is 0.272 e. The first-order valence-electron chi connectivity index (χ1n) is 9.58. The van der Waals surface area contributed by atoms with Gasteiger partial charge in [0.15, 0.2) is 11.5 Å². The summed E-state index contributed by atoms with van der Waals surface area (Å²) >= 11 is 6.35. The van der Waals surface area contributed by atoms with E-state index in [1.54, 1.807) is 6.08 Å². The molecule has 1 aliphatic rings. The molecule has 0 bridgehead atoms. The number of halogens is 1. The van der Waals surface area contributed by atoms with Gasteiger partial charge in [-0.15, -0.1) is 16.8 Å². The number of aromatic nitrogens is 2. The lowest BCUT2D eigenvalue weighted by atomic mass is 10.1. The Morgan fingerprint density at radius 2 is 1.66 bits per heavy atom. The molecule has 0 unspecified atom stereocenters. The molecule has 0 atom stereocenters. The van der Waals surface area contributed by atoms with Gasteiger partial charge in [0.2, 0.25) is 0 Å². The Morgan fingerprint density at radius 3 is 2.38 bits per heavy atom. The average molecular weight is 408 g/mol. The molecule has 1 N–H and O–H groups in total. The van der Waals surface area contributed by atoms with Crippen LogP contribution in [0.15, 0.2) is 61.2 Å². The summed E-state index contributed by atoms with van der Waals surface area (Å²) in [5.74, 6) is 0.559. The monoisotopic (exact) mass is 407 g/mol. The van der Waals surface area contributed by atoms with Crippen LogP contribution in [0.5, 0.6) is 0 Å². The quantitative estimate of drug-likeness (QED) is 0.655. The van der Waals surface area contributed by atoms with Crippen LogP contribution in [0.25, 0.3) is 10.8 Å². The molecule has 148 valence electrons. The fourth-order valence-electron chi connectivity index (χ4n) is 3.61. The second-order valence-corrected chi connectivity index (χ2v) is 7.25. The van der Waals surface area contributed by atoms with Gasteiger partial charge in [0, 0.05) is 43.5 Å². The Bertz CT molecular complexity index is 1050. The number of hydrogen-bond acceptors (Lipinski definition) is 5. The van der Waals surface area contributed by atoms with Gasteiger partial charge in [-0.25, -0.2) is 0 Å². The predicted molar refractivity (Wildman–Crippen MR) is 118 cm³/mol. The minimum absolute atomic E-state index is 0.247. The Kier molecular flexibility index (Phi) is 5.62. The standard InChI is InChI=1S/C22H22ClN5O/c1-2-11-24-22(29)20-16-7-3-4-8-17(16)21(26-25-20)28-14-12-27(13-15-28)19-10-6-5-9-18(19)23/h2-10H,1,11-15H2,(H,24,29). The van der Waals surface area contributed by atoms with Crippen molar-refractivity contribution in [1.82, 2.24) is 15.5 Å². The van der Waals surface area contributed by atoms with Gasteiger partial charge in [-0.3, -0.25) is 4.79 Å². The minimum atomic E-state index is -0.247. The average Bonchev–Trinajstić information content (AvgIpc) is 2.77. The van der Waals surface area contributed by atoms with Crippen LogP contribution in [0.2, 0.25) is 5.02 Å². The van der Waals surface area contributed by atoms with E-state index in [0.29, 0.717) is 12.2 Å². The number of hydrogen-bond donors (Lipinski definition) is 1. The van der Waals surface area contributed by atoms with Crippen LogP contribution in [0.1, 0.15) is 10.5 Å². The molecule has 2 heterocycles. The topological polar surface area (TPSA) is 61.4 Å². The van der Waals surface area contributed by atoms with Crippen molar-refractivity contribution in [2.75, 3.05) is 42.5 Å². The molecule has 0 saturated carbocycles. The number of carbonyl (C=O) groups is 1. The molecule has 0 spiro atoms. The van der Waals surface area contributed by atoms with Gasteiger partial charge in [0.1, 0.15) is 0 Å². The molecule has 2 aromatic carbocycles. The van der Waals surface area contributed by atoms with E-state index in [-0.39, 0.29) is 5.91 Å². The second-order valence-electron chi connectivity index (χ2n) is 6.84. The van der Waals surface area contributed by atoms with Crippen molar-refractivity contribution in [3.05, 3.63) is 71.9 Å². The van der Waals surface area contributed by atoms with E-state index in [2.05, 4.69) is 31.9 Å². The fraction of sp³-hybridized carbons (Fsp3) is 0.227. The number of fused-ring (bicyclic) bond motifs is 1. The number of anilines is 2. The molecule has 1 aliphatic heterocycles. The van der Waals surface area contributed by atoms with Crippen molar-refractivity contribution in [3.63, 3.8) is 0 Å². The molecule has 29 heavy (non-hydrogen) atoms. The van der Waals surface area contributed by atoms with E-state index in [4.69, 9.17) is 11.6 Å². The largest absolute Gasteiger partial charge is 0.367 e. The van der Waals surface area contributed by atoms with Crippen LogP contribution >= 0.6 is 11.6 Å². The molecular weight excluding hydrogens is 386 g/mol. The molecule has 1 saturated heterocycles. The zero-order chi connectivity index (χ0) is 20.2. The summed E-state index contributed by atoms with van der Waals surface area (Å²) in [6.07, 6.45) is 1.64. The normalized spacial score (nSPS) is 14.1. The van der Waals surface area contributed by atoms with Crippen LogP contribution in [-0.2, 0) is 0 Å². The maximum atomic E-state index is 12.4. The van der Waals surface area contributed by atoms with Crippen LogP contribution < -0.4 is 15.1 Å². The van der Waals surface area contributed by atoms with Crippen LogP contribution in [0.3, 0.4) is 0 Å². The van der Waals surface area contributed by atoms with Crippen LogP contribution in [0, 0.1) is 0 Å². The van der Waals surface area contributed by atoms with Gasteiger partial charge < -0.3 is 15.1 Å². The van der Waals surface area contributed by atoms with Gasteiger partial charge in [0.25, 0.3) is 5.91 Å². The van der Waals surface area contributed by atoms with E-state index < -0.39 is 0 Å². The third-order valence-electron chi connectivity index (χ3n) is 5.06. The number of nitrogens with zero attached hydrogens (tertiary/aromatic N) is 4. The van der Waals surface area contributed by atoms with Crippen LogP contribution in [-0.4, -0.2) is 48.8 Å². The molecule has 1 fully saturated rings. The summed E-state index contributed by atoms with van der Waals surface area (Å²) < 4.78 is 0. The summed E-state index contributed by atoms with van der Waals surface area (Å²) in [6, 6.07) is 15.7. The van der Waals surface area contributed by atoms with Gasteiger partial charge in [-0.2, -0.15) is 0 Å². The van der Waals surface area contributed by atoms with Gasteiger partial charge in [-0.05, 0) is 12.1 Å². The number of amides is 1. The number of piperazine rings is 1. The molecule has 1 amide bonds. The lowest BCUT2D eigenvalue weighted by Gasteiger charge is -2.37. The highest BCUT2D eigenvalue weighted by molar-refractivity contribution is 6.33. The summed E-state index contributed by atoms with van der Waals surface area (Å²) in [5, 5.41) is 13.9. The minimum Gasteiger partial charge on any atom is -0.367 e. The van der Waals surface area contributed by atoms with Crippen molar-refractivity contribution >= 4 is 39.8 Å². The van der Waals surface area contributed by atoms with Gasteiger partial charge in [0.05, 0.1) is 10.7 Å². The van der Waals surface area contributed by atoms with E-state index in [1.165, 1.54) is 0 Å². The second kappa shape index (κ2) is 8.49. The number of benzene rings is 2. The summed E-state index contributed by atoms with van der Waals surface area (Å²) in [4.78, 5) is 16.9. The molecule has 7 heteroatoms. The summed E-state index contributed by atoms with van der Waals surface area (Å²) in [6.45, 7) is 7.28. The molecule has 1 aromatic heterocycles. The third-order valence-corrected chi connectivity index (χ3v) is 5.38. The number of para-hydroxylation sites is 1. The van der Waals surface area contributed by atoms with Gasteiger partial charge >= 0.3 is 0 Å². The first kappa shape index (κ1) is 19.2. The van der Waals surface area contributed by atoms with Crippen molar-refractivity contribution in [3.8, 4) is 0 Å². The number of nitrogens with one attached hydrogen (secondary N) is 1. The van der Waals surface area contributed by atoms with Crippen molar-refractivity contribution in [1.29, 1.82) is 0 Å². The highest BCUT2D eigenvalue weighted by Crippen LogP contribution is 2.29. The molecular formula is C22H22ClN5O. The zero-order valence-electron chi connectivity index (χ0n) is 16.0. The SMILES string of the molecule is C=CCNC(=O)c1nnc(N2CCN(c3ccccc3Cl)CC2)c2ccccc12. The highest BCUT2D eigenvalue weighted by atomic mass is 35.5. The Morgan fingerprint density at radius 1 is 1.00 bits per heavy atom. The lowest BCUT2D eigenvalue weighted by Crippen LogP contribution is -2.47. The molecule has 0 radical (unpaired) electrons. The first-order valence-corrected chi connectivity index (χ1v) is 9.96. The molecule has 3 aromatic rings. The van der Waals surface area contributed by atoms with E-state index in [1.807, 2.05) is 48.5 Å². The van der Waals surface area contributed by atoms with Crippen LogP contribution in [0.4, 0.5) is 11.5 Å². The van der Waals surface area contributed by atoms with Crippen molar-refractivity contribution in [2.24, 2.45) is 0 Å². The number of rotatable bonds is 5. The van der Waals surface area contributed by atoms with E-state index in [9.17, 15) is 4.79 Å². The first-order chi connectivity index (χ1) is 14.2. The molecule has 6 nitrogen and oxygen atoms in total. The van der Waals surface area contributed by atoms with E-state index in [0.717, 1.165) is 53.5 Å². The summed E-state index contributed by atoms with van der Waals surface area (Å²) in [5.41, 5.74) is 1.39. The van der Waals surface area contributed by atoms with Crippen molar-refractivity contribution in [2.45, 2.75) is 0 Å². The molecule has 0 aliphatic carbocycles. The van der Waals surface area contributed by atoms with Gasteiger partial charge in [-0.1, -0.05) is 54.1 Å². The van der Waals surface area contributed by atoms with E-state index >= 15 is 0 Å². The smallest absolute Gasteiger partial charge is 0.272 e. The maximum absolute atomic E-state index is 12.4. The summed E-state index contributed by atoms with van der Waals surface area (Å²) in [7, 11) is 0. The Labute approximate surface area is 174 Å². The molecule has 4 rings (SSSR count). The Hall–Kier alpha value is -3.12.